The van der Waals surface area contributed by atoms with Crippen LogP contribution < -0.4 is 27.7 Å². The van der Waals surface area contributed by atoms with Gasteiger partial charge < -0.3 is 22.9 Å². The van der Waals surface area contributed by atoms with Crippen LogP contribution in [-0.4, -0.2) is 21.5 Å². The quantitative estimate of drug-likeness (QED) is 0.414. The molecular weight excluding hydrogens is 374 g/mol. The zero-order valence-electron chi connectivity index (χ0n) is 15.4. The predicted molar refractivity (Wildman–Crippen MR) is 116 cm³/mol. The number of sulfonamides is 1. The average molecular weight is 400 g/mol. The fraction of sp³-hybridized carbons (Fsp3) is 0.100. The molecule has 0 saturated carbocycles. The summed E-state index contributed by atoms with van der Waals surface area (Å²) in [5, 5.41) is 0. The lowest BCUT2D eigenvalue weighted by atomic mass is 10.0. The first-order valence-corrected chi connectivity index (χ1v) is 10.1. The van der Waals surface area contributed by atoms with Gasteiger partial charge in [-0.1, -0.05) is 42.5 Å². The van der Waals surface area contributed by atoms with E-state index in [-0.39, 0.29) is 18.0 Å². The van der Waals surface area contributed by atoms with Crippen LogP contribution in [0.2, 0.25) is 0 Å². The maximum absolute atomic E-state index is 11.5. The standard InChI is InChI=1S/C12H12N2.C8H13N3O2S/c13-11-7-3-1-5-9(11)10-6-2-4-8-12(10)14;9-4-5-11-14(12,13)8-3-1-2-7(10)6-8/h1-8H,13-14H2;1-3,6,11H,4-5,9-10H2. The number of nitrogens with one attached hydrogen (secondary N) is 1. The summed E-state index contributed by atoms with van der Waals surface area (Å²) in [5.41, 5.74) is 26.3. The molecular formula is C20H25N5O2S. The summed E-state index contributed by atoms with van der Waals surface area (Å²) in [6.07, 6.45) is 0. The van der Waals surface area contributed by atoms with Crippen LogP contribution in [0.1, 0.15) is 0 Å². The molecule has 0 aliphatic rings. The smallest absolute Gasteiger partial charge is 0.240 e. The topological polar surface area (TPSA) is 150 Å². The van der Waals surface area contributed by atoms with Crippen molar-refractivity contribution in [2.75, 3.05) is 30.3 Å². The third-order valence-electron chi connectivity index (χ3n) is 3.82. The molecule has 7 nitrogen and oxygen atoms in total. The molecule has 0 unspecified atom stereocenters. The minimum atomic E-state index is -3.45. The highest BCUT2D eigenvalue weighted by Gasteiger charge is 2.12. The highest BCUT2D eigenvalue weighted by Crippen LogP contribution is 2.29. The molecule has 0 fully saturated rings. The summed E-state index contributed by atoms with van der Waals surface area (Å²) >= 11 is 0. The van der Waals surface area contributed by atoms with Crippen LogP contribution in [-0.2, 0) is 10.0 Å². The average Bonchev–Trinajstić information content (AvgIpc) is 2.68. The van der Waals surface area contributed by atoms with E-state index < -0.39 is 10.0 Å². The summed E-state index contributed by atoms with van der Waals surface area (Å²) in [4.78, 5) is 0.158. The molecule has 0 aliphatic heterocycles. The zero-order valence-corrected chi connectivity index (χ0v) is 16.2. The largest absolute Gasteiger partial charge is 0.399 e. The van der Waals surface area contributed by atoms with E-state index in [4.69, 9.17) is 22.9 Å². The van der Waals surface area contributed by atoms with Gasteiger partial charge >= 0.3 is 0 Å². The van der Waals surface area contributed by atoms with E-state index in [0.717, 1.165) is 22.5 Å². The number of hydrogen-bond acceptors (Lipinski definition) is 6. The monoisotopic (exact) mass is 399 g/mol. The molecule has 0 amide bonds. The Hall–Kier alpha value is -3.07. The van der Waals surface area contributed by atoms with Crippen molar-refractivity contribution in [2.24, 2.45) is 5.73 Å². The number of para-hydroxylation sites is 2. The van der Waals surface area contributed by atoms with E-state index in [2.05, 4.69) is 4.72 Å². The molecule has 28 heavy (non-hydrogen) atoms. The molecule has 0 saturated heterocycles. The first-order chi connectivity index (χ1) is 13.3. The molecule has 0 heterocycles. The third-order valence-corrected chi connectivity index (χ3v) is 5.28. The van der Waals surface area contributed by atoms with Crippen LogP contribution in [0.3, 0.4) is 0 Å². The zero-order chi connectivity index (χ0) is 20.6. The van der Waals surface area contributed by atoms with Gasteiger partial charge in [0, 0.05) is 41.3 Å². The highest BCUT2D eigenvalue weighted by molar-refractivity contribution is 7.89. The maximum Gasteiger partial charge on any atom is 0.240 e. The van der Waals surface area contributed by atoms with Crippen LogP contribution in [0.5, 0.6) is 0 Å². The number of anilines is 3. The second-order valence-corrected chi connectivity index (χ2v) is 7.70. The van der Waals surface area contributed by atoms with Crippen molar-refractivity contribution in [2.45, 2.75) is 4.90 Å². The molecule has 0 radical (unpaired) electrons. The van der Waals surface area contributed by atoms with E-state index in [1.54, 1.807) is 12.1 Å². The van der Waals surface area contributed by atoms with Crippen molar-refractivity contribution >= 4 is 27.1 Å². The molecule has 0 aromatic heterocycles. The molecule has 0 bridgehead atoms. The first-order valence-electron chi connectivity index (χ1n) is 8.60. The third kappa shape index (κ3) is 5.71. The van der Waals surface area contributed by atoms with Crippen LogP contribution in [0, 0.1) is 0 Å². The number of nitrogen functional groups attached to an aromatic ring is 3. The predicted octanol–water partition coefficient (Wildman–Crippen LogP) is 2.02. The number of benzene rings is 3. The van der Waals surface area contributed by atoms with Gasteiger partial charge in [-0.05, 0) is 30.3 Å². The Labute approximate surface area is 165 Å². The first kappa shape index (κ1) is 21.2. The van der Waals surface area contributed by atoms with Crippen molar-refractivity contribution < 1.29 is 8.42 Å². The molecule has 3 rings (SSSR count). The molecule has 0 spiro atoms. The van der Waals surface area contributed by atoms with Gasteiger partial charge in [0.05, 0.1) is 4.90 Å². The van der Waals surface area contributed by atoms with Gasteiger partial charge in [0.15, 0.2) is 0 Å². The Morgan fingerprint density at radius 1 is 0.750 bits per heavy atom. The van der Waals surface area contributed by atoms with Gasteiger partial charge in [0.25, 0.3) is 0 Å². The van der Waals surface area contributed by atoms with Gasteiger partial charge in [-0.2, -0.15) is 0 Å². The molecule has 3 aromatic rings. The molecule has 0 aliphatic carbocycles. The Balaban J connectivity index is 0.000000200. The van der Waals surface area contributed by atoms with E-state index in [9.17, 15) is 8.42 Å². The summed E-state index contributed by atoms with van der Waals surface area (Å²) in [5.74, 6) is 0. The van der Waals surface area contributed by atoms with Crippen LogP contribution in [0.4, 0.5) is 17.1 Å². The Bertz CT molecular complexity index is 979. The van der Waals surface area contributed by atoms with Gasteiger partial charge in [-0.15, -0.1) is 0 Å². The van der Waals surface area contributed by atoms with E-state index >= 15 is 0 Å². The number of hydrogen-bond donors (Lipinski definition) is 5. The van der Waals surface area contributed by atoms with E-state index in [1.165, 1.54) is 12.1 Å². The second kappa shape index (κ2) is 9.75. The van der Waals surface area contributed by atoms with Crippen LogP contribution >= 0.6 is 0 Å². The molecule has 148 valence electrons. The second-order valence-electron chi connectivity index (χ2n) is 5.93. The van der Waals surface area contributed by atoms with Crippen molar-refractivity contribution in [1.29, 1.82) is 0 Å². The minimum Gasteiger partial charge on any atom is -0.399 e. The van der Waals surface area contributed by atoms with Crippen molar-refractivity contribution in [3.8, 4) is 11.1 Å². The normalized spacial score (nSPS) is 10.8. The van der Waals surface area contributed by atoms with Crippen molar-refractivity contribution in [3.63, 3.8) is 0 Å². The summed E-state index contributed by atoms with van der Waals surface area (Å²) in [6.45, 7) is 0.485. The maximum atomic E-state index is 11.5. The van der Waals surface area contributed by atoms with Crippen LogP contribution in [0.15, 0.2) is 77.7 Å². The number of rotatable bonds is 5. The SMILES string of the molecule is NCCNS(=O)(=O)c1cccc(N)c1.Nc1ccccc1-c1ccccc1N. The molecule has 3 aromatic carbocycles. The fourth-order valence-corrected chi connectivity index (χ4v) is 3.55. The van der Waals surface area contributed by atoms with Gasteiger partial charge in [-0.3, -0.25) is 0 Å². The van der Waals surface area contributed by atoms with E-state index in [1.807, 2.05) is 48.5 Å². The lowest BCUT2D eigenvalue weighted by Gasteiger charge is -2.07. The minimum absolute atomic E-state index is 0.158. The number of nitrogens with two attached hydrogens (primary N) is 4. The van der Waals surface area contributed by atoms with Crippen molar-refractivity contribution in [1.82, 2.24) is 4.72 Å². The van der Waals surface area contributed by atoms with Crippen LogP contribution in [0.25, 0.3) is 11.1 Å². The van der Waals surface area contributed by atoms with Gasteiger partial charge in [-0.25, -0.2) is 13.1 Å². The lowest BCUT2D eigenvalue weighted by molar-refractivity contribution is 0.582. The van der Waals surface area contributed by atoms with Gasteiger partial charge in [0.1, 0.15) is 0 Å². The molecule has 9 N–H and O–H groups in total. The Morgan fingerprint density at radius 3 is 1.75 bits per heavy atom. The molecule has 0 atom stereocenters. The van der Waals surface area contributed by atoms with E-state index in [0.29, 0.717) is 5.69 Å². The summed E-state index contributed by atoms with van der Waals surface area (Å²) in [7, 11) is -3.45. The van der Waals surface area contributed by atoms with Crippen molar-refractivity contribution in [3.05, 3.63) is 72.8 Å². The summed E-state index contributed by atoms with van der Waals surface area (Å²) < 4.78 is 25.4. The highest BCUT2D eigenvalue weighted by atomic mass is 32.2. The fourth-order valence-electron chi connectivity index (χ4n) is 2.44. The lowest BCUT2D eigenvalue weighted by Crippen LogP contribution is -2.29. The van der Waals surface area contributed by atoms with Gasteiger partial charge in [0.2, 0.25) is 10.0 Å². The Kier molecular flexibility index (Phi) is 7.39. The Morgan fingerprint density at radius 2 is 1.29 bits per heavy atom. The summed E-state index contributed by atoms with van der Waals surface area (Å²) in [6, 6.07) is 21.5. The molecule has 8 heteroatoms.